The number of ether oxygens (including phenoxy) is 6. The highest BCUT2D eigenvalue weighted by atomic mass is 16.6. The molecule has 1 aliphatic heterocycles. The second kappa shape index (κ2) is 20.4. The number of imide groups is 1. The summed E-state index contributed by atoms with van der Waals surface area (Å²) in [6, 6.07) is 0. The average Bonchev–Trinajstić information content (AvgIpc) is 3.12. The molecule has 188 valence electrons. The number of amides is 3. The van der Waals surface area contributed by atoms with Crippen LogP contribution in [0.3, 0.4) is 0 Å². The Hall–Kier alpha value is -2.22. The van der Waals surface area contributed by atoms with Crippen LogP contribution in [0.4, 0.5) is 0 Å². The molecule has 0 aliphatic carbocycles. The quantitative estimate of drug-likeness (QED) is 0.108. The minimum atomic E-state index is -0.490. The van der Waals surface area contributed by atoms with Crippen molar-refractivity contribution in [3.63, 3.8) is 0 Å². The molecule has 0 aromatic rings. The lowest BCUT2D eigenvalue weighted by atomic mass is 10.4. The van der Waals surface area contributed by atoms with Gasteiger partial charge in [0.2, 0.25) is 5.91 Å². The number of rotatable bonds is 23. The van der Waals surface area contributed by atoms with Crippen LogP contribution in [0.1, 0.15) is 6.42 Å². The minimum Gasteiger partial charge on any atom is -0.379 e. The van der Waals surface area contributed by atoms with E-state index in [2.05, 4.69) is 5.32 Å². The smallest absolute Gasteiger partial charge is 0.254 e. The van der Waals surface area contributed by atoms with Crippen LogP contribution in [-0.2, 0) is 47.6 Å². The number of carbonyl (C=O) groups is 4. The molecular weight excluding hydrogens is 440 g/mol. The summed E-state index contributed by atoms with van der Waals surface area (Å²) in [5.74, 6) is -1.40. The van der Waals surface area contributed by atoms with E-state index in [0.29, 0.717) is 85.7 Å². The molecule has 12 nitrogen and oxygen atoms in total. The Morgan fingerprint density at radius 2 is 1.09 bits per heavy atom. The number of carbonyl (C=O) groups excluding carboxylic acids is 4. The molecule has 1 N–H and O–H groups in total. The van der Waals surface area contributed by atoms with Crippen LogP contribution in [-0.4, -0.2) is 121 Å². The summed E-state index contributed by atoms with van der Waals surface area (Å²) < 4.78 is 31.9. The van der Waals surface area contributed by atoms with Gasteiger partial charge in [-0.25, -0.2) is 0 Å². The van der Waals surface area contributed by atoms with E-state index >= 15 is 0 Å². The summed E-state index contributed by atoms with van der Waals surface area (Å²) in [5, 5.41) is 2.58. The van der Waals surface area contributed by atoms with Gasteiger partial charge in [0.25, 0.3) is 11.8 Å². The fourth-order valence-electron chi connectivity index (χ4n) is 2.38. The van der Waals surface area contributed by atoms with Gasteiger partial charge in [0.05, 0.1) is 79.3 Å². The first-order valence-corrected chi connectivity index (χ1v) is 10.9. The average molecular weight is 475 g/mol. The van der Waals surface area contributed by atoms with Crippen molar-refractivity contribution in [3.05, 3.63) is 12.2 Å². The second-order valence-corrected chi connectivity index (χ2v) is 6.58. The van der Waals surface area contributed by atoms with Gasteiger partial charge in [0.15, 0.2) is 0 Å². The number of nitrogens with one attached hydrogen (secondary N) is 1. The summed E-state index contributed by atoms with van der Waals surface area (Å²) >= 11 is 0. The Morgan fingerprint density at radius 1 is 0.697 bits per heavy atom. The van der Waals surface area contributed by atoms with E-state index in [1.807, 2.05) is 0 Å². The molecule has 0 aromatic heterocycles. The predicted octanol–water partition coefficient (Wildman–Crippen LogP) is -1.28. The molecule has 1 rings (SSSR count). The van der Waals surface area contributed by atoms with Crippen LogP contribution in [0.5, 0.6) is 0 Å². The van der Waals surface area contributed by atoms with Crippen molar-refractivity contribution in [1.82, 2.24) is 10.2 Å². The molecule has 0 radical (unpaired) electrons. The largest absolute Gasteiger partial charge is 0.379 e. The lowest BCUT2D eigenvalue weighted by molar-refractivity contribution is -0.141. The molecule has 3 amide bonds. The number of nitrogens with zero attached hydrogens (tertiary/aromatic N) is 1. The molecule has 0 fully saturated rings. The van der Waals surface area contributed by atoms with E-state index in [-0.39, 0.29) is 13.1 Å². The Morgan fingerprint density at radius 3 is 1.52 bits per heavy atom. The van der Waals surface area contributed by atoms with Crippen LogP contribution >= 0.6 is 0 Å². The fraction of sp³-hybridized carbons (Fsp3) is 0.714. The third kappa shape index (κ3) is 16.1. The molecule has 0 saturated carbocycles. The molecule has 0 saturated heterocycles. The van der Waals surface area contributed by atoms with Crippen molar-refractivity contribution in [2.75, 3.05) is 92.4 Å². The van der Waals surface area contributed by atoms with Crippen molar-refractivity contribution in [3.8, 4) is 0 Å². The molecular formula is C21H34N2O10. The van der Waals surface area contributed by atoms with Crippen LogP contribution in [0.25, 0.3) is 0 Å². The summed E-state index contributed by atoms with van der Waals surface area (Å²) in [4.78, 5) is 45.3. The summed E-state index contributed by atoms with van der Waals surface area (Å²) in [7, 11) is 0. The van der Waals surface area contributed by atoms with Gasteiger partial charge in [0.1, 0.15) is 12.8 Å². The molecule has 33 heavy (non-hydrogen) atoms. The van der Waals surface area contributed by atoms with Crippen LogP contribution < -0.4 is 5.32 Å². The Kier molecular flexibility index (Phi) is 17.8. The summed E-state index contributed by atoms with van der Waals surface area (Å²) in [6.07, 6.45) is 3.49. The Balaban J connectivity index is 1.73. The van der Waals surface area contributed by atoms with E-state index in [9.17, 15) is 19.2 Å². The first-order valence-electron chi connectivity index (χ1n) is 10.9. The van der Waals surface area contributed by atoms with Crippen molar-refractivity contribution in [2.24, 2.45) is 0 Å². The Bertz CT molecular complexity index is 582. The lowest BCUT2D eigenvalue weighted by Gasteiger charge is -2.13. The molecule has 1 aliphatic rings. The van der Waals surface area contributed by atoms with E-state index in [0.717, 1.165) is 23.3 Å². The first-order chi connectivity index (χ1) is 16.1. The maximum atomic E-state index is 11.7. The highest BCUT2D eigenvalue weighted by molar-refractivity contribution is 6.14. The van der Waals surface area contributed by atoms with Crippen molar-refractivity contribution < 1.29 is 47.6 Å². The maximum Gasteiger partial charge on any atom is 0.254 e. The number of aldehydes is 1. The van der Waals surface area contributed by atoms with E-state index < -0.39 is 17.7 Å². The zero-order valence-electron chi connectivity index (χ0n) is 18.9. The van der Waals surface area contributed by atoms with Gasteiger partial charge >= 0.3 is 0 Å². The molecule has 0 aromatic carbocycles. The minimum absolute atomic E-state index is 0.270. The standard InChI is InChI=1S/C21H34N2O10/c24-5-1-6-28-8-10-30-12-14-32-16-17-33-15-13-31-11-9-29-7-4-22-19(25)18-23-20(26)2-3-21(23)27/h2-3,5H,1,4,6-18H2,(H,22,25). The Labute approximate surface area is 193 Å². The maximum absolute atomic E-state index is 11.7. The highest BCUT2D eigenvalue weighted by Crippen LogP contribution is 2.02. The van der Waals surface area contributed by atoms with Gasteiger partial charge in [-0.3, -0.25) is 19.3 Å². The van der Waals surface area contributed by atoms with Crippen LogP contribution in [0, 0.1) is 0 Å². The summed E-state index contributed by atoms with van der Waals surface area (Å²) in [6.45, 7) is 5.11. The topological polar surface area (TPSA) is 139 Å². The molecule has 0 atom stereocenters. The van der Waals surface area contributed by atoms with Gasteiger partial charge in [-0.1, -0.05) is 0 Å². The molecule has 12 heteroatoms. The van der Waals surface area contributed by atoms with Crippen LogP contribution in [0.15, 0.2) is 12.2 Å². The fourth-order valence-corrected chi connectivity index (χ4v) is 2.38. The highest BCUT2D eigenvalue weighted by Gasteiger charge is 2.25. The third-order valence-corrected chi connectivity index (χ3v) is 4.01. The van der Waals surface area contributed by atoms with E-state index in [1.54, 1.807) is 0 Å². The summed E-state index contributed by atoms with van der Waals surface area (Å²) in [5.41, 5.74) is 0. The van der Waals surface area contributed by atoms with Gasteiger partial charge in [-0.05, 0) is 0 Å². The monoisotopic (exact) mass is 474 g/mol. The zero-order chi connectivity index (χ0) is 24.0. The van der Waals surface area contributed by atoms with E-state index in [1.165, 1.54) is 0 Å². The third-order valence-electron chi connectivity index (χ3n) is 4.01. The SMILES string of the molecule is O=CCCOCCOCCOCCOCCOCCOCCNC(=O)CN1C(=O)C=CC1=O. The molecule has 0 bridgehead atoms. The predicted molar refractivity (Wildman–Crippen MR) is 114 cm³/mol. The van der Waals surface area contributed by atoms with Gasteiger partial charge in [-0.2, -0.15) is 0 Å². The molecule has 1 heterocycles. The van der Waals surface area contributed by atoms with E-state index in [4.69, 9.17) is 28.4 Å². The van der Waals surface area contributed by atoms with Crippen molar-refractivity contribution >= 4 is 24.0 Å². The number of hydrogen-bond donors (Lipinski definition) is 1. The van der Waals surface area contributed by atoms with Gasteiger partial charge in [0, 0.05) is 25.1 Å². The first kappa shape index (κ1) is 28.8. The van der Waals surface area contributed by atoms with Gasteiger partial charge in [-0.15, -0.1) is 0 Å². The normalized spacial score (nSPS) is 13.2. The lowest BCUT2D eigenvalue weighted by Crippen LogP contribution is -2.41. The number of hydrogen-bond acceptors (Lipinski definition) is 10. The molecule has 0 spiro atoms. The van der Waals surface area contributed by atoms with Gasteiger partial charge < -0.3 is 38.5 Å². The van der Waals surface area contributed by atoms with Crippen molar-refractivity contribution in [1.29, 1.82) is 0 Å². The zero-order valence-corrected chi connectivity index (χ0v) is 18.9. The molecule has 0 unspecified atom stereocenters. The van der Waals surface area contributed by atoms with Crippen LogP contribution in [0.2, 0.25) is 0 Å². The van der Waals surface area contributed by atoms with Crippen molar-refractivity contribution in [2.45, 2.75) is 6.42 Å². The second-order valence-electron chi connectivity index (χ2n) is 6.58.